The molecule has 0 N–H and O–H groups in total. The molecule has 8 heteroatoms. The smallest absolute Gasteiger partial charge is 0.289 e. The van der Waals surface area contributed by atoms with Gasteiger partial charge in [0, 0.05) is 19.2 Å². The Hall–Kier alpha value is -3.52. The average molecular weight is 407 g/mol. The highest BCUT2D eigenvalue weighted by atomic mass is 32.1. The highest BCUT2D eigenvalue weighted by Gasteiger charge is 2.23. The molecule has 1 atom stereocenters. The second kappa shape index (κ2) is 7.48. The minimum absolute atomic E-state index is 0.00804. The molecule has 0 bridgehead atoms. The number of hydrogen-bond donors (Lipinski definition) is 0. The van der Waals surface area contributed by atoms with Crippen molar-refractivity contribution in [3.63, 3.8) is 0 Å². The Balaban J connectivity index is 1.56. The summed E-state index contributed by atoms with van der Waals surface area (Å²) in [5.74, 6) is 0.418. The zero-order chi connectivity index (χ0) is 20.5. The molecule has 2 aromatic heterocycles. The maximum absolute atomic E-state index is 12.9. The molecule has 0 saturated heterocycles. The lowest BCUT2D eigenvalue weighted by atomic mass is 10.1. The van der Waals surface area contributed by atoms with Crippen LogP contribution in [0, 0.1) is 10.1 Å². The Morgan fingerprint density at radius 2 is 1.97 bits per heavy atom. The van der Waals surface area contributed by atoms with Crippen molar-refractivity contribution < 1.29 is 14.1 Å². The number of thiazole rings is 1. The molecule has 2 aromatic carbocycles. The van der Waals surface area contributed by atoms with E-state index in [1.807, 2.05) is 31.2 Å². The lowest BCUT2D eigenvalue weighted by Crippen LogP contribution is -2.29. The standard InChI is InChI=1S/C21H17N3O4S/c1-13(14-6-5-7-15(12-14)24(26)27)23(2)21(25)18-11-10-17(28-18)20-22-16-8-3-4-9-19(16)29-20/h3-13H,1-2H3/t13-/m1/s1. The van der Waals surface area contributed by atoms with Crippen molar-refractivity contribution in [1.29, 1.82) is 0 Å². The molecule has 0 fully saturated rings. The third-order valence-corrected chi connectivity index (χ3v) is 5.84. The fourth-order valence-corrected chi connectivity index (χ4v) is 3.94. The zero-order valence-electron chi connectivity index (χ0n) is 15.7. The average Bonchev–Trinajstić information content (AvgIpc) is 3.39. The van der Waals surface area contributed by atoms with Gasteiger partial charge in [-0.3, -0.25) is 14.9 Å². The molecule has 0 unspecified atom stereocenters. The molecule has 0 aliphatic rings. The number of nitro groups is 1. The minimum Gasteiger partial charge on any atom is -0.448 e. The van der Waals surface area contributed by atoms with Gasteiger partial charge in [0.05, 0.1) is 21.2 Å². The fraction of sp³-hybridized carbons (Fsp3) is 0.143. The Morgan fingerprint density at radius 1 is 1.17 bits per heavy atom. The van der Waals surface area contributed by atoms with Gasteiger partial charge in [-0.1, -0.05) is 24.3 Å². The van der Waals surface area contributed by atoms with E-state index in [1.165, 1.54) is 28.4 Å². The van der Waals surface area contributed by atoms with Gasteiger partial charge >= 0.3 is 0 Å². The van der Waals surface area contributed by atoms with E-state index in [2.05, 4.69) is 4.98 Å². The van der Waals surface area contributed by atoms with Gasteiger partial charge in [0.1, 0.15) is 0 Å². The van der Waals surface area contributed by atoms with Crippen molar-refractivity contribution >= 4 is 33.1 Å². The van der Waals surface area contributed by atoms with Crippen LogP contribution >= 0.6 is 11.3 Å². The van der Waals surface area contributed by atoms with Crippen LogP contribution < -0.4 is 0 Å². The number of benzene rings is 2. The molecule has 7 nitrogen and oxygen atoms in total. The van der Waals surface area contributed by atoms with E-state index >= 15 is 0 Å². The number of fused-ring (bicyclic) bond motifs is 1. The molecule has 2 heterocycles. The van der Waals surface area contributed by atoms with Crippen molar-refractivity contribution in [2.24, 2.45) is 0 Å². The van der Waals surface area contributed by atoms with Crippen molar-refractivity contribution in [3.8, 4) is 10.8 Å². The first kappa shape index (κ1) is 18.8. The number of nitrogens with zero attached hydrogens (tertiary/aromatic N) is 3. The number of furan rings is 1. The Morgan fingerprint density at radius 3 is 2.72 bits per heavy atom. The first-order valence-corrected chi connectivity index (χ1v) is 9.73. The minimum atomic E-state index is -0.450. The van der Waals surface area contributed by atoms with Crippen molar-refractivity contribution in [1.82, 2.24) is 9.88 Å². The van der Waals surface area contributed by atoms with E-state index in [0.717, 1.165) is 10.2 Å². The number of carbonyl (C=O) groups is 1. The topological polar surface area (TPSA) is 89.5 Å². The summed E-state index contributed by atoms with van der Waals surface area (Å²) in [5, 5.41) is 11.7. The monoisotopic (exact) mass is 407 g/mol. The first-order chi connectivity index (χ1) is 13.9. The summed E-state index contributed by atoms with van der Waals surface area (Å²) < 4.78 is 6.82. The quantitative estimate of drug-likeness (QED) is 0.331. The second-order valence-electron chi connectivity index (χ2n) is 6.59. The molecule has 1 amide bonds. The van der Waals surface area contributed by atoms with Crippen LogP contribution in [-0.2, 0) is 0 Å². The van der Waals surface area contributed by atoms with Crippen LogP contribution in [0.1, 0.15) is 29.1 Å². The van der Waals surface area contributed by atoms with Crippen molar-refractivity contribution in [3.05, 3.63) is 82.1 Å². The molecule has 0 radical (unpaired) electrons. The predicted octanol–water partition coefficient (Wildman–Crippen LogP) is 5.30. The summed E-state index contributed by atoms with van der Waals surface area (Å²) in [4.78, 5) is 29.5. The molecule has 146 valence electrons. The van der Waals surface area contributed by atoms with Gasteiger partial charge in [-0.15, -0.1) is 11.3 Å². The molecule has 0 spiro atoms. The van der Waals surface area contributed by atoms with E-state index in [4.69, 9.17) is 4.42 Å². The molecule has 0 aliphatic carbocycles. The van der Waals surface area contributed by atoms with Gasteiger partial charge in [0.25, 0.3) is 11.6 Å². The molecular formula is C21H17N3O4S. The van der Waals surface area contributed by atoms with Crippen LogP contribution in [0.3, 0.4) is 0 Å². The van der Waals surface area contributed by atoms with E-state index in [1.54, 1.807) is 31.3 Å². The largest absolute Gasteiger partial charge is 0.448 e. The number of hydrogen-bond acceptors (Lipinski definition) is 6. The lowest BCUT2D eigenvalue weighted by Gasteiger charge is -2.24. The van der Waals surface area contributed by atoms with Gasteiger partial charge in [-0.2, -0.15) is 0 Å². The Bertz CT molecular complexity index is 1180. The van der Waals surface area contributed by atoms with Gasteiger partial charge < -0.3 is 9.32 Å². The SMILES string of the molecule is C[C@H](c1cccc([N+](=O)[O-])c1)N(C)C(=O)c1ccc(-c2nc3ccccc3s2)o1. The predicted molar refractivity (Wildman–Crippen MR) is 111 cm³/mol. The van der Waals surface area contributed by atoms with Crippen molar-refractivity contribution in [2.45, 2.75) is 13.0 Å². The van der Waals surface area contributed by atoms with Crippen LogP contribution in [0.4, 0.5) is 5.69 Å². The van der Waals surface area contributed by atoms with E-state index in [9.17, 15) is 14.9 Å². The Kier molecular flexibility index (Phi) is 4.85. The van der Waals surface area contributed by atoms with Crippen LogP contribution in [0.15, 0.2) is 65.1 Å². The summed E-state index contributed by atoms with van der Waals surface area (Å²) in [6, 6.07) is 17.1. The molecular weight excluding hydrogens is 390 g/mol. The third-order valence-electron chi connectivity index (χ3n) is 4.79. The molecule has 4 aromatic rings. The highest BCUT2D eigenvalue weighted by Crippen LogP contribution is 2.32. The molecule has 0 saturated carbocycles. The van der Waals surface area contributed by atoms with E-state index in [-0.39, 0.29) is 23.4 Å². The summed E-state index contributed by atoms with van der Waals surface area (Å²) in [6.07, 6.45) is 0. The summed E-state index contributed by atoms with van der Waals surface area (Å²) in [5.41, 5.74) is 1.55. The van der Waals surface area contributed by atoms with Crippen LogP contribution in [0.2, 0.25) is 0 Å². The maximum Gasteiger partial charge on any atom is 0.289 e. The van der Waals surface area contributed by atoms with Crippen LogP contribution in [-0.4, -0.2) is 27.8 Å². The number of amides is 1. The summed E-state index contributed by atoms with van der Waals surface area (Å²) >= 11 is 1.50. The maximum atomic E-state index is 12.9. The van der Waals surface area contributed by atoms with E-state index < -0.39 is 4.92 Å². The fourth-order valence-electron chi connectivity index (χ4n) is 3.02. The second-order valence-corrected chi connectivity index (χ2v) is 7.63. The number of non-ortho nitro benzene ring substituents is 1. The number of rotatable bonds is 5. The van der Waals surface area contributed by atoms with E-state index in [0.29, 0.717) is 16.3 Å². The van der Waals surface area contributed by atoms with Crippen LogP contribution in [0.5, 0.6) is 0 Å². The van der Waals surface area contributed by atoms with Gasteiger partial charge in [0.15, 0.2) is 16.5 Å². The Labute approximate surface area is 170 Å². The number of para-hydroxylation sites is 1. The molecule has 0 aliphatic heterocycles. The number of carbonyl (C=O) groups excluding carboxylic acids is 1. The third kappa shape index (κ3) is 3.62. The number of aromatic nitrogens is 1. The normalized spacial score (nSPS) is 12.1. The number of nitro benzene ring substituents is 1. The first-order valence-electron chi connectivity index (χ1n) is 8.91. The molecule has 4 rings (SSSR count). The molecule has 29 heavy (non-hydrogen) atoms. The summed E-state index contributed by atoms with van der Waals surface area (Å²) in [6.45, 7) is 1.81. The van der Waals surface area contributed by atoms with Crippen molar-refractivity contribution in [2.75, 3.05) is 7.05 Å². The van der Waals surface area contributed by atoms with Crippen LogP contribution in [0.25, 0.3) is 21.0 Å². The van der Waals surface area contributed by atoms with Gasteiger partial charge in [-0.25, -0.2) is 4.98 Å². The van der Waals surface area contributed by atoms with Gasteiger partial charge in [0.2, 0.25) is 0 Å². The lowest BCUT2D eigenvalue weighted by molar-refractivity contribution is -0.384. The highest BCUT2D eigenvalue weighted by molar-refractivity contribution is 7.21. The summed E-state index contributed by atoms with van der Waals surface area (Å²) in [7, 11) is 1.64. The van der Waals surface area contributed by atoms with Gasteiger partial charge in [-0.05, 0) is 36.8 Å². The zero-order valence-corrected chi connectivity index (χ0v) is 16.6.